The number of halogens is 1. The summed E-state index contributed by atoms with van der Waals surface area (Å²) in [5.41, 5.74) is 0.850. The van der Waals surface area contributed by atoms with Crippen LogP contribution in [0.25, 0.3) is 0 Å². The summed E-state index contributed by atoms with van der Waals surface area (Å²) in [5, 5.41) is 0. The van der Waals surface area contributed by atoms with Gasteiger partial charge in [-0.2, -0.15) is 4.31 Å². The molecule has 1 aliphatic rings. The normalized spacial score (nSPS) is 15.7. The average molecular weight is 435 g/mol. The zero-order chi connectivity index (χ0) is 21.7. The van der Waals surface area contributed by atoms with E-state index in [0.717, 1.165) is 5.56 Å². The summed E-state index contributed by atoms with van der Waals surface area (Å²) in [7, 11) is -1.88. The van der Waals surface area contributed by atoms with Crippen molar-refractivity contribution in [3.05, 3.63) is 59.9 Å². The summed E-state index contributed by atoms with van der Waals surface area (Å²) in [5.74, 6) is 0.0819. The Morgan fingerprint density at radius 2 is 1.70 bits per heavy atom. The number of hydrogen-bond donors (Lipinski definition) is 0. The fourth-order valence-electron chi connectivity index (χ4n) is 3.62. The van der Waals surface area contributed by atoms with Crippen molar-refractivity contribution in [3.8, 4) is 5.75 Å². The van der Waals surface area contributed by atoms with Crippen LogP contribution in [0.1, 0.15) is 25.3 Å². The molecule has 0 spiro atoms. The first kappa shape index (κ1) is 22.2. The van der Waals surface area contributed by atoms with Crippen LogP contribution < -0.4 is 4.74 Å². The quantitative estimate of drug-likeness (QED) is 0.671. The molecule has 1 heterocycles. The van der Waals surface area contributed by atoms with Gasteiger partial charge in [-0.05, 0) is 61.7 Å². The van der Waals surface area contributed by atoms with Crippen molar-refractivity contribution < 1.29 is 22.3 Å². The van der Waals surface area contributed by atoms with Gasteiger partial charge in [0.25, 0.3) is 0 Å². The highest BCUT2D eigenvalue weighted by molar-refractivity contribution is 7.89. The van der Waals surface area contributed by atoms with Gasteiger partial charge in [-0.25, -0.2) is 12.8 Å². The number of piperidine rings is 1. The molecule has 162 valence electrons. The van der Waals surface area contributed by atoms with E-state index in [4.69, 9.17) is 4.74 Å². The second kappa shape index (κ2) is 9.57. The predicted octanol–water partition coefficient (Wildman–Crippen LogP) is 3.28. The second-order valence-corrected chi connectivity index (χ2v) is 9.34. The highest BCUT2D eigenvalue weighted by Crippen LogP contribution is 2.26. The number of benzene rings is 2. The number of nitrogens with zero attached hydrogens (tertiary/aromatic N) is 2. The lowest BCUT2D eigenvalue weighted by Crippen LogP contribution is -2.43. The van der Waals surface area contributed by atoms with Crippen LogP contribution in [0.3, 0.4) is 0 Å². The van der Waals surface area contributed by atoms with E-state index in [-0.39, 0.29) is 22.5 Å². The van der Waals surface area contributed by atoms with Gasteiger partial charge in [-0.15, -0.1) is 0 Å². The Morgan fingerprint density at radius 1 is 1.10 bits per heavy atom. The van der Waals surface area contributed by atoms with Crippen LogP contribution >= 0.6 is 0 Å². The zero-order valence-corrected chi connectivity index (χ0v) is 18.1. The molecule has 0 saturated carbocycles. The minimum absolute atomic E-state index is 0.0163. The molecule has 30 heavy (non-hydrogen) atoms. The van der Waals surface area contributed by atoms with Crippen molar-refractivity contribution in [2.45, 2.75) is 31.2 Å². The first-order chi connectivity index (χ1) is 14.3. The van der Waals surface area contributed by atoms with E-state index in [9.17, 15) is 17.6 Å². The largest absolute Gasteiger partial charge is 0.494 e. The third-order valence-corrected chi connectivity index (χ3v) is 7.20. The highest BCUT2D eigenvalue weighted by atomic mass is 32.2. The van der Waals surface area contributed by atoms with Crippen LogP contribution in [0.5, 0.6) is 5.75 Å². The molecule has 1 fully saturated rings. The number of amides is 1. The van der Waals surface area contributed by atoms with E-state index in [1.165, 1.54) is 16.4 Å². The lowest BCUT2D eigenvalue weighted by molar-refractivity contribution is -0.135. The lowest BCUT2D eigenvalue weighted by atomic mass is 9.96. The first-order valence-corrected chi connectivity index (χ1v) is 11.5. The van der Waals surface area contributed by atoms with Crippen LogP contribution in [0.2, 0.25) is 0 Å². The molecule has 0 atom stereocenters. The second-order valence-electron chi connectivity index (χ2n) is 7.40. The number of ether oxygens (including phenoxy) is 1. The summed E-state index contributed by atoms with van der Waals surface area (Å²) in [6, 6.07) is 12.5. The number of sulfonamides is 1. The molecular weight excluding hydrogens is 407 g/mol. The minimum Gasteiger partial charge on any atom is -0.494 e. The number of hydrogen-bond acceptors (Lipinski definition) is 4. The van der Waals surface area contributed by atoms with Crippen molar-refractivity contribution >= 4 is 15.9 Å². The summed E-state index contributed by atoms with van der Waals surface area (Å²) in [4.78, 5) is 14.6. The van der Waals surface area contributed by atoms with E-state index in [1.54, 1.807) is 48.3 Å². The monoisotopic (exact) mass is 434 g/mol. The van der Waals surface area contributed by atoms with E-state index in [1.807, 2.05) is 6.92 Å². The van der Waals surface area contributed by atoms with Crippen LogP contribution in [0.15, 0.2) is 53.4 Å². The van der Waals surface area contributed by atoms with Crippen molar-refractivity contribution in [3.63, 3.8) is 0 Å². The fraction of sp³-hybridized carbons (Fsp3) is 0.409. The Bertz CT molecular complexity index is 954. The van der Waals surface area contributed by atoms with Gasteiger partial charge in [0.2, 0.25) is 15.9 Å². The molecule has 1 aliphatic heterocycles. The molecule has 1 amide bonds. The Hall–Kier alpha value is -2.45. The summed E-state index contributed by atoms with van der Waals surface area (Å²) in [6.07, 6.45) is 0.950. The molecule has 0 aromatic heterocycles. The molecular formula is C22H27FN2O4S. The maximum absolute atomic E-state index is 13.0. The van der Waals surface area contributed by atoms with Gasteiger partial charge in [-0.3, -0.25) is 4.79 Å². The Kier molecular flexibility index (Phi) is 7.10. The van der Waals surface area contributed by atoms with Crippen LogP contribution in [-0.2, 0) is 21.4 Å². The standard InChI is InChI=1S/C22H27FN2O4S/c1-3-29-20-8-10-21(11-9-20)30(27,28)25-14-12-18(13-15-25)22(26)24(2)16-17-4-6-19(23)7-5-17/h4-11,18H,3,12-16H2,1-2H3. The van der Waals surface area contributed by atoms with E-state index in [0.29, 0.717) is 44.8 Å². The van der Waals surface area contributed by atoms with E-state index in [2.05, 4.69) is 0 Å². The van der Waals surface area contributed by atoms with Crippen LogP contribution in [0, 0.1) is 11.7 Å². The molecule has 2 aromatic carbocycles. The van der Waals surface area contributed by atoms with Crippen LogP contribution in [0.4, 0.5) is 4.39 Å². The molecule has 0 radical (unpaired) electrons. The SMILES string of the molecule is CCOc1ccc(S(=O)(=O)N2CCC(C(=O)N(C)Cc3ccc(F)cc3)CC2)cc1. The van der Waals surface area contributed by atoms with Crippen molar-refractivity contribution in [1.82, 2.24) is 9.21 Å². The lowest BCUT2D eigenvalue weighted by Gasteiger charge is -2.32. The molecule has 0 aliphatic carbocycles. The molecule has 8 heteroatoms. The van der Waals surface area contributed by atoms with Gasteiger partial charge in [-0.1, -0.05) is 12.1 Å². The number of rotatable bonds is 7. The minimum atomic E-state index is -3.60. The Morgan fingerprint density at radius 3 is 2.27 bits per heavy atom. The number of carbonyl (C=O) groups excluding carboxylic acids is 1. The Balaban J connectivity index is 1.57. The number of carbonyl (C=O) groups is 1. The summed E-state index contributed by atoms with van der Waals surface area (Å²) < 4.78 is 45.6. The third kappa shape index (κ3) is 5.17. The topological polar surface area (TPSA) is 66.9 Å². The van der Waals surface area contributed by atoms with Gasteiger partial charge in [0.1, 0.15) is 11.6 Å². The molecule has 6 nitrogen and oxygen atoms in total. The molecule has 3 rings (SSSR count). The summed E-state index contributed by atoms with van der Waals surface area (Å²) >= 11 is 0. The average Bonchev–Trinajstić information content (AvgIpc) is 2.75. The maximum atomic E-state index is 13.0. The van der Waals surface area contributed by atoms with E-state index >= 15 is 0 Å². The molecule has 0 N–H and O–H groups in total. The predicted molar refractivity (Wildman–Crippen MR) is 112 cm³/mol. The van der Waals surface area contributed by atoms with Crippen molar-refractivity contribution in [2.24, 2.45) is 5.92 Å². The third-order valence-electron chi connectivity index (χ3n) is 5.28. The molecule has 1 saturated heterocycles. The van der Waals surface area contributed by atoms with Crippen LogP contribution in [-0.4, -0.2) is 50.3 Å². The van der Waals surface area contributed by atoms with Gasteiger partial charge < -0.3 is 9.64 Å². The maximum Gasteiger partial charge on any atom is 0.243 e. The molecule has 0 unspecified atom stereocenters. The summed E-state index contributed by atoms with van der Waals surface area (Å²) in [6.45, 7) is 3.38. The van der Waals surface area contributed by atoms with Gasteiger partial charge in [0.15, 0.2) is 0 Å². The fourth-order valence-corrected chi connectivity index (χ4v) is 5.09. The smallest absolute Gasteiger partial charge is 0.243 e. The molecule has 0 bridgehead atoms. The van der Waals surface area contributed by atoms with E-state index < -0.39 is 10.0 Å². The van der Waals surface area contributed by atoms with Crippen molar-refractivity contribution in [2.75, 3.05) is 26.7 Å². The van der Waals surface area contributed by atoms with Gasteiger partial charge in [0, 0.05) is 32.6 Å². The molecule has 2 aromatic rings. The van der Waals surface area contributed by atoms with Gasteiger partial charge in [0.05, 0.1) is 11.5 Å². The highest BCUT2D eigenvalue weighted by Gasteiger charge is 2.33. The Labute approximate surface area is 177 Å². The van der Waals surface area contributed by atoms with Crippen molar-refractivity contribution in [1.29, 1.82) is 0 Å². The first-order valence-electron chi connectivity index (χ1n) is 10.0. The van der Waals surface area contributed by atoms with Gasteiger partial charge >= 0.3 is 0 Å². The zero-order valence-electron chi connectivity index (χ0n) is 17.3.